The fourth-order valence-corrected chi connectivity index (χ4v) is 6.43. The van der Waals surface area contributed by atoms with Gasteiger partial charge in [0.05, 0.1) is 16.5 Å². The third-order valence-corrected chi connectivity index (χ3v) is 8.75. The molecule has 1 aliphatic heterocycles. The van der Waals surface area contributed by atoms with Gasteiger partial charge in [-0.15, -0.1) is 11.3 Å². The molecule has 39 heavy (non-hydrogen) atoms. The van der Waals surface area contributed by atoms with Gasteiger partial charge in [-0.25, -0.2) is 9.97 Å². The average Bonchev–Trinajstić information content (AvgIpc) is 3.29. The highest BCUT2D eigenvalue weighted by Crippen LogP contribution is 2.41. The van der Waals surface area contributed by atoms with Crippen LogP contribution in [0, 0.1) is 0 Å². The molecule has 5 nitrogen and oxygen atoms in total. The third-order valence-electron chi connectivity index (χ3n) is 7.57. The first kappa shape index (κ1) is 27.7. The van der Waals surface area contributed by atoms with Gasteiger partial charge in [-0.2, -0.15) is 26.3 Å². The van der Waals surface area contributed by atoms with Crippen LogP contribution in [0.4, 0.5) is 32.2 Å². The second kappa shape index (κ2) is 10.3. The Balaban J connectivity index is 1.43. The second-order valence-electron chi connectivity index (χ2n) is 10.2. The Morgan fingerprint density at radius 3 is 2.15 bits per heavy atom. The van der Waals surface area contributed by atoms with Crippen molar-refractivity contribution in [2.45, 2.75) is 64.2 Å². The van der Waals surface area contributed by atoms with Crippen LogP contribution in [0.3, 0.4) is 0 Å². The number of piperazine rings is 1. The van der Waals surface area contributed by atoms with Crippen LogP contribution in [-0.4, -0.2) is 47.0 Å². The van der Waals surface area contributed by atoms with Crippen molar-refractivity contribution in [1.29, 1.82) is 0 Å². The quantitative estimate of drug-likeness (QED) is 0.315. The molecule has 210 valence electrons. The van der Waals surface area contributed by atoms with Gasteiger partial charge in [0.2, 0.25) is 0 Å². The molecular formula is C27H28F6N4OS. The van der Waals surface area contributed by atoms with Crippen LogP contribution in [0.2, 0.25) is 0 Å². The number of rotatable bonds is 4. The Kier molecular flexibility index (Phi) is 7.28. The molecule has 0 N–H and O–H groups in total. The molecule has 1 atom stereocenters. The van der Waals surface area contributed by atoms with Gasteiger partial charge >= 0.3 is 12.4 Å². The van der Waals surface area contributed by atoms with E-state index in [-0.39, 0.29) is 25.1 Å². The number of hydrogen-bond donors (Lipinski definition) is 0. The molecule has 1 amide bonds. The van der Waals surface area contributed by atoms with Crippen LogP contribution in [0.25, 0.3) is 10.2 Å². The highest BCUT2D eigenvalue weighted by atomic mass is 32.1. The number of alkyl halides is 6. The summed E-state index contributed by atoms with van der Waals surface area (Å²) in [6.07, 6.45) is -4.98. The number of carbonyl (C=O) groups excluding carboxylic acids is 1. The van der Waals surface area contributed by atoms with Gasteiger partial charge in [-0.05, 0) is 55.9 Å². The van der Waals surface area contributed by atoms with Crippen LogP contribution in [-0.2, 0) is 25.2 Å². The second-order valence-corrected chi connectivity index (χ2v) is 11.3. The number of amides is 1. The smallest absolute Gasteiger partial charge is 0.352 e. The molecule has 1 fully saturated rings. The summed E-state index contributed by atoms with van der Waals surface area (Å²) in [5.41, 5.74) is -2.35. The number of carbonyl (C=O) groups is 1. The van der Waals surface area contributed by atoms with E-state index >= 15 is 0 Å². The summed E-state index contributed by atoms with van der Waals surface area (Å²) in [6, 6.07) is 1.02. The Labute approximate surface area is 225 Å². The number of aryl methyl sites for hydroxylation is 2. The van der Waals surface area contributed by atoms with Crippen molar-refractivity contribution < 1.29 is 31.1 Å². The first-order valence-electron chi connectivity index (χ1n) is 13.0. The maximum Gasteiger partial charge on any atom is 0.416 e. The Morgan fingerprint density at radius 2 is 1.56 bits per heavy atom. The average molecular weight is 571 g/mol. The van der Waals surface area contributed by atoms with E-state index in [4.69, 9.17) is 9.97 Å². The first-order chi connectivity index (χ1) is 18.4. The molecule has 0 radical (unpaired) electrons. The molecule has 5 rings (SSSR count). The number of nitrogens with zero attached hydrogens (tertiary/aromatic N) is 4. The SMILES string of the molecule is CCC(C)c1nc(N2CCN(C(=O)c3cc(C(F)(F)F)cc(C(F)(F)F)c3)CC2)c2c3c(sc2n1)CCCC3. The molecule has 3 aromatic rings. The van der Waals surface area contributed by atoms with Gasteiger partial charge in [-0.3, -0.25) is 4.79 Å². The molecule has 3 heterocycles. The number of aromatic nitrogens is 2. The minimum Gasteiger partial charge on any atom is -0.352 e. The Morgan fingerprint density at radius 1 is 0.949 bits per heavy atom. The van der Waals surface area contributed by atoms with E-state index in [0.29, 0.717) is 25.2 Å². The van der Waals surface area contributed by atoms with E-state index in [1.54, 1.807) is 11.3 Å². The molecule has 1 unspecified atom stereocenters. The maximum atomic E-state index is 13.3. The highest BCUT2D eigenvalue weighted by molar-refractivity contribution is 7.19. The normalized spacial score (nSPS) is 17.4. The highest BCUT2D eigenvalue weighted by Gasteiger charge is 2.38. The van der Waals surface area contributed by atoms with Crippen molar-refractivity contribution >= 4 is 33.3 Å². The molecule has 2 aromatic heterocycles. The van der Waals surface area contributed by atoms with Crippen molar-refractivity contribution in [3.63, 3.8) is 0 Å². The molecule has 2 aliphatic rings. The van der Waals surface area contributed by atoms with Crippen LogP contribution >= 0.6 is 11.3 Å². The molecule has 0 bridgehead atoms. The van der Waals surface area contributed by atoms with Crippen LogP contribution in [0.15, 0.2) is 18.2 Å². The molecule has 0 saturated carbocycles. The molecule has 1 saturated heterocycles. The number of thiophene rings is 1. The molecule has 12 heteroatoms. The van der Waals surface area contributed by atoms with E-state index < -0.39 is 35.0 Å². The van der Waals surface area contributed by atoms with Gasteiger partial charge < -0.3 is 9.80 Å². The monoisotopic (exact) mass is 570 g/mol. The summed E-state index contributed by atoms with van der Waals surface area (Å²) in [7, 11) is 0. The lowest BCUT2D eigenvalue weighted by atomic mass is 9.96. The summed E-state index contributed by atoms with van der Waals surface area (Å²) in [5, 5.41) is 1.04. The number of anilines is 1. The lowest BCUT2D eigenvalue weighted by Gasteiger charge is -2.36. The first-order valence-corrected chi connectivity index (χ1v) is 13.8. The van der Waals surface area contributed by atoms with E-state index in [2.05, 4.69) is 18.7 Å². The van der Waals surface area contributed by atoms with E-state index in [9.17, 15) is 31.1 Å². The molecule has 0 spiro atoms. The summed E-state index contributed by atoms with van der Waals surface area (Å²) >= 11 is 1.70. The van der Waals surface area contributed by atoms with E-state index in [0.717, 1.165) is 54.0 Å². The molecule has 1 aromatic carbocycles. The topological polar surface area (TPSA) is 49.3 Å². The molecule has 1 aliphatic carbocycles. The van der Waals surface area contributed by atoms with Crippen LogP contribution < -0.4 is 4.90 Å². The summed E-state index contributed by atoms with van der Waals surface area (Å²) < 4.78 is 79.8. The van der Waals surface area contributed by atoms with Gasteiger partial charge in [0.25, 0.3) is 5.91 Å². The largest absolute Gasteiger partial charge is 0.416 e. The Bertz CT molecular complexity index is 1360. The van der Waals surface area contributed by atoms with Gasteiger partial charge in [0.15, 0.2) is 0 Å². The van der Waals surface area contributed by atoms with Gasteiger partial charge in [0, 0.05) is 42.5 Å². The lowest BCUT2D eigenvalue weighted by molar-refractivity contribution is -0.143. The van der Waals surface area contributed by atoms with Gasteiger partial charge in [-0.1, -0.05) is 13.8 Å². The fourth-order valence-electron chi connectivity index (χ4n) is 5.17. The predicted molar refractivity (Wildman–Crippen MR) is 137 cm³/mol. The van der Waals surface area contributed by atoms with Crippen molar-refractivity contribution in [2.75, 3.05) is 31.1 Å². The molecular weight excluding hydrogens is 542 g/mol. The zero-order valence-electron chi connectivity index (χ0n) is 21.5. The van der Waals surface area contributed by atoms with Crippen molar-refractivity contribution in [3.8, 4) is 0 Å². The summed E-state index contributed by atoms with van der Waals surface area (Å²) in [5.74, 6) is 0.854. The zero-order valence-corrected chi connectivity index (χ0v) is 22.4. The Hall–Kier alpha value is -2.89. The minimum absolute atomic E-state index is 0.0332. The number of fused-ring (bicyclic) bond motifs is 3. The van der Waals surface area contributed by atoms with E-state index in [1.807, 2.05) is 0 Å². The van der Waals surface area contributed by atoms with Crippen LogP contribution in [0.5, 0.6) is 0 Å². The van der Waals surface area contributed by atoms with Crippen molar-refractivity contribution in [1.82, 2.24) is 14.9 Å². The van der Waals surface area contributed by atoms with Crippen LogP contribution in [0.1, 0.15) is 76.8 Å². The fraction of sp³-hybridized carbons (Fsp3) is 0.519. The number of halogens is 6. The van der Waals surface area contributed by atoms with E-state index in [1.165, 1.54) is 15.3 Å². The standard InChI is InChI=1S/C27H28F6N4OS/c1-3-15(2)22-34-23(21-19-6-4-5-7-20(19)39-24(21)35-22)36-8-10-37(11-9-36)25(38)16-12-17(26(28,29)30)14-18(13-16)27(31,32)33/h12-15H,3-11H2,1-2H3. The summed E-state index contributed by atoms with van der Waals surface area (Å²) in [4.78, 5) is 28.6. The number of benzene rings is 1. The van der Waals surface area contributed by atoms with Crippen molar-refractivity contribution in [2.24, 2.45) is 0 Å². The minimum atomic E-state index is -5.01. The zero-order chi connectivity index (χ0) is 28.1. The lowest BCUT2D eigenvalue weighted by Crippen LogP contribution is -2.49. The predicted octanol–water partition coefficient (Wildman–Crippen LogP) is 7.08. The van der Waals surface area contributed by atoms with Gasteiger partial charge in [0.1, 0.15) is 16.5 Å². The maximum absolute atomic E-state index is 13.3. The summed E-state index contributed by atoms with van der Waals surface area (Å²) in [6.45, 7) is 5.14. The van der Waals surface area contributed by atoms with Crippen molar-refractivity contribution in [3.05, 3.63) is 51.2 Å². The third kappa shape index (κ3) is 5.44. The number of hydrogen-bond acceptors (Lipinski definition) is 5.